The highest BCUT2D eigenvalue weighted by molar-refractivity contribution is 5.95. The van der Waals surface area contributed by atoms with Crippen LogP contribution in [0.5, 0.6) is 0 Å². The first kappa shape index (κ1) is 15.1. The van der Waals surface area contributed by atoms with E-state index in [-0.39, 0.29) is 23.5 Å². The standard InChI is InChI=1S/C17H15FN2O3/c18-13-4-1-3-11(9-13)15-5-2-8-20(15)16(21)12-6-7-14(17(22)23)19-10-12/h1,3-4,6-7,9-10,15H,2,5,8H2,(H,22,23)/t15-/m1/s1. The van der Waals surface area contributed by atoms with Crippen molar-refractivity contribution in [3.63, 3.8) is 0 Å². The van der Waals surface area contributed by atoms with Crippen LogP contribution in [-0.4, -0.2) is 33.4 Å². The Morgan fingerprint density at radius 2 is 2.09 bits per heavy atom. The van der Waals surface area contributed by atoms with Gasteiger partial charge in [-0.3, -0.25) is 4.79 Å². The largest absolute Gasteiger partial charge is 0.477 e. The summed E-state index contributed by atoms with van der Waals surface area (Å²) >= 11 is 0. The predicted molar refractivity (Wildman–Crippen MR) is 80.6 cm³/mol. The van der Waals surface area contributed by atoms with E-state index in [1.807, 2.05) is 6.07 Å². The number of carboxylic acid groups (broad SMARTS) is 1. The van der Waals surface area contributed by atoms with Crippen LogP contribution in [0.3, 0.4) is 0 Å². The molecule has 3 rings (SSSR count). The highest BCUT2D eigenvalue weighted by Gasteiger charge is 2.31. The molecule has 1 aliphatic heterocycles. The normalized spacial score (nSPS) is 17.3. The molecular weight excluding hydrogens is 299 g/mol. The second-order valence-electron chi connectivity index (χ2n) is 5.45. The van der Waals surface area contributed by atoms with Gasteiger partial charge in [0.15, 0.2) is 0 Å². The van der Waals surface area contributed by atoms with Crippen molar-refractivity contribution in [3.8, 4) is 0 Å². The van der Waals surface area contributed by atoms with E-state index in [9.17, 15) is 14.0 Å². The fraction of sp³-hybridized carbons (Fsp3) is 0.235. The number of halogens is 1. The Morgan fingerprint density at radius 3 is 2.74 bits per heavy atom. The Balaban J connectivity index is 1.84. The first-order valence-corrected chi connectivity index (χ1v) is 7.32. The molecule has 1 aliphatic rings. The zero-order valence-electron chi connectivity index (χ0n) is 12.3. The van der Waals surface area contributed by atoms with Crippen molar-refractivity contribution in [3.05, 3.63) is 65.2 Å². The molecule has 1 N–H and O–H groups in total. The van der Waals surface area contributed by atoms with Crippen molar-refractivity contribution in [2.24, 2.45) is 0 Å². The number of rotatable bonds is 3. The number of aromatic carboxylic acids is 1. The fourth-order valence-corrected chi connectivity index (χ4v) is 2.88. The summed E-state index contributed by atoms with van der Waals surface area (Å²) in [4.78, 5) is 28.9. The van der Waals surface area contributed by atoms with Gasteiger partial charge in [-0.2, -0.15) is 0 Å². The van der Waals surface area contributed by atoms with Gasteiger partial charge in [0.25, 0.3) is 5.91 Å². The summed E-state index contributed by atoms with van der Waals surface area (Å²) in [5, 5.41) is 8.85. The van der Waals surface area contributed by atoms with Gasteiger partial charge in [-0.15, -0.1) is 0 Å². The van der Waals surface area contributed by atoms with Crippen molar-refractivity contribution in [1.29, 1.82) is 0 Å². The molecule has 0 bridgehead atoms. The van der Waals surface area contributed by atoms with E-state index in [1.54, 1.807) is 11.0 Å². The number of aromatic nitrogens is 1. The smallest absolute Gasteiger partial charge is 0.354 e. The van der Waals surface area contributed by atoms with Crippen LogP contribution in [0.15, 0.2) is 42.6 Å². The average molecular weight is 314 g/mol. The monoisotopic (exact) mass is 314 g/mol. The van der Waals surface area contributed by atoms with Crippen LogP contribution < -0.4 is 0 Å². The van der Waals surface area contributed by atoms with E-state index < -0.39 is 5.97 Å². The maximum absolute atomic E-state index is 13.4. The van der Waals surface area contributed by atoms with Crippen LogP contribution in [0, 0.1) is 5.82 Å². The summed E-state index contributed by atoms with van der Waals surface area (Å²) in [5.41, 5.74) is 0.994. The van der Waals surface area contributed by atoms with Gasteiger partial charge in [-0.1, -0.05) is 12.1 Å². The topological polar surface area (TPSA) is 70.5 Å². The van der Waals surface area contributed by atoms with E-state index in [2.05, 4.69) is 4.98 Å². The number of carbonyl (C=O) groups is 2. The molecule has 0 saturated carbocycles. The molecule has 6 heteroatoms. The van der Waals surface area contributed by atoms with E-state index in [4.69, 9.17) is 5.11 Å². The van der Waals surface area contributed by atoms with Gasteiger partial charge in [0.1, 0.15) is 11.5 Å². The molecule has 0 aliphatic carbocycles. The zero-order chi connectivity index (χ0) is 16.4. The number of pyridine rings is 1. The SMILES string of the molecule is O=C(O)c1ccc(C(=O)N2CCC[C@@H]2c2cccc(F)c2)cn1. The number of hydrogen-bond donors (Lipinski definition) is 1. The second-order valence-corrected chi connectivity index (χ2v) is 5.45. The number of hydrogen-bond acceptors (Lipinski definition) is 3. The highest BCUT2D eigenvalue weighted by Crippen LogP contribution is 2.33. The third-order valence-electron chi connectivity index (χ3n) is 3.98. The number of nitrogens with zero attached hydrogens (tertiary/aromatic N) is 2. The maximum Gasteiger partial charge on any atom is 0.354 e. The van der Waals surface area contributed by atoms with Crippen LogP contribution >= 0.6 is 0 Å². The summed E-state index contributed by atoms with van der Waals surface area (Å²) in [7, 11) is 0. The summed E-state index contributed by atoms with van der Waals surface area (Å²) < 4.78 is 13.4. The van der Waals surface area contributed by atoms with Gasteiger partial charge in [-0.05, 0) is 42.7 Å². The summed E-state index contributed by atoms with van der Waals surface area (Å²) in [6.45, 7) is 0.584. The Kier molecular flexibility index (Phi) is 4.06. The van der Waals surface area contributed by atoms with Gasteiger partial charge < -0.3 is 10.0 Å². The van der Waals surface area contributed by atoms with Gasteiger partial charge >= 0.3 is 5.97 Å². The lowest BCUT2D eigenvalue weighted by Gasteiger charge is -2.25. The number of carboxylic acids is 1. The third-order valence-corrected chi connectivity index (χ3v) is 3.98. The molecule has 0 spiro atoms. The van der Waals surface area contributed by atoms with Crippen molar-refractivity contribution in [1.82, 2.24) is 9.88 Å². The molecule has 1 amide bonds. The summed E-state index contributed by atoms with van der Waals surface area (Å²) in [6.07, 6.45) is 2.89. The minimum atomic E-state index is -1.14. The first-order chi connectivity index (χ1) is 11.1. The quantitative estimate of drug-likeness (QED) is 0.945. The molecular formula is C17H15FN2O3. The van der Waals surface area contributed by atoms with Crippen molar-refractivity contribution < 1.29 is 19.1 Å². The van der Waals surface area contributed by atoms with Crippen molar-refractivity contribution >= 4 is 11.9 Å². The molecule has 2 aromatic rings. The Bertz CT molecular complexity index is 746. The van der Waals surface area contributed by atoms with Crippen LogP contribution in [-0.2, 0) is 0 Å². The van der Waals surface area contributed by atoms with Crippen LogP contribution in [0.2, 0.25) is 0 Å². The third kappa shape index (κ3) is 3.06. The predicted octanol–water partition coefficient (Wildman–Crippen LogP) is 2.90. The molecule has 1 fully saturated rings. The Labute approximate surface area is 132 Å². The minimum Gasteiger partial charge on any atom is -0.477 e. The number of likely N-dealkylation sites (tertiary alicyclic amines) is 1. The lowest BCUT2D eigenvalue weighted by Crippen LogP contribution is -2.30. The van der Waals surface area contributed by atoms with E-state index in [0.29, 0.717) is 12.1 Å². The van der Waals surface area contributed by atoms with Gasteiger partial charge in [-0.25, -0.2) is 14.2 Å². The van der Waals surface area contributed by atoms with Crippen LogP contribution in [0.1, 0.15) is 45.3 Å². The van der Waals surface area contributed by atoms with Crippen molar-refractivity contribution in [2.45, 2.75) is 18.9 Å². The second kappa shape index (κ2) is 6.16. The number of carbonyl (C=O) groups excluding carboxylic acids is 1. The lowest BCUT2D eigenvalue weighted by molar-refractivity contribution is 0.0685. The van der Waals surface area contributed by atoms with Crippen molar-refractivity contribution in [2.75, 3.05) is 6.54 Å². The van der Waals surface area contributed by atoms with Gasteiger partial charge in [0.05, 0.1) is 11.6 Å². The molecule has 1 aromatic carbocycles. The minimum absolute atomic E-state index is 0.107. The molecule has 1 aromatic heterocycles. The Hall–Kier alpha value is -2.76. The molecule has 0 radical (unpaired) electrons. The summed E-state index contributed by atoms with van der Waals surface area (Å²) in [6, 6.07) is 8.86. The first-order valence-electron chi connectivity index (χ1n) is 7.32. The average Bonchev–Trinajstić information content (AvgIpc) is 3.04. The van der Waals surface area contributed by atoms with Gasteiger partial charge in [0.2, 0.25) is 0 Å². The molecule has 0 unspecified atom stereocenters. The maximum atomic E-state index is 13.4. The number of benzene rings is 1. The van der Waals surface area contributed by atoms with E-state index >= 15 is 0 Å². The molecule has 1 atom stereocenters. The molecule has 23 heavy (non-hydrogen) atoms. The highest BCUT2D eigenvalue weighted by atomic mass is 19.1. The number of amides is 1. The molecule has 2 heterocycles. The lowest BCUT2D eigenvalue weighted by atomic mass is 10.0. The fourth-order valence-electron chi connectivity index (χ4n) is 2.88. The summed E-state index contributed by atoms with van der Waals surface area (Å²) in [5.74, 6) is -1.68. The van der Waals surface area contributed by atoms with E-state index in [1.165, 1.54) is 30.5 Å². The molecule has 5 nitrogen and oxygen atoms in total. The van der Waals surface area contributed by atoms with Crippen LogP contribution in [0.4, 0.5) is 4.39 Å². The van der Waals surface area contributed by atoms with Gasteiger partial charge in [0, 0.05) is 12.7 Å². The molecule has 1 saturated heterocycles. The Morgan fingerprint density at radius 1 is 1.26 bits per heavy atom. The van der Waals surface area contributed by atoms with E-state index in [0.717, 1.165) is 18.4 Å². The van der Waals surface area contributed by atoms with Crippen LogP contribution in [0.25, 0.3) is 0 Å². The zero-order valence-corrected chi connectivity index (χ0v) is 12.3. The molecule has 118 valence electrons.